The summed E-state index contributed by atoms with van der Waals surface area (Å²) in [5, 5.41) is 3.25. The minimum atomic E-state index is -0.542. The number of benzene rings is 2. The molecule has 0 aliphatic carbocycles. The van der Waals surface area contributed by atoms with Crippen LogP contribution in [0.25, 0.3) is 0 Å². The van der Waals surface area contributed by atoms with E-state index in [0.29, 0.717) is 25.1 Å². The average Bonchev–Trinajstić information content (AvgIpc) is 3.14. The number of hydrogen-bond acceptors (Lipinski definition) is 3. The van der Waals surface area contributed by atoms with Crippen molar-refractivity contribution in [3.05, 3.63) is 71.0 Å². The van der Waals surface area contributed by atoms with Crippen LogP contribution in [0.4, 0.5) is 4.39 Å². The Morgan fingerprint density at radius 2 is 2.07 bits per heavy atom. The van der Waals surface area contributed by atoms with Gasteiger partial charge >= 0.3 is 0 Å². The van der Waals surface area contributed by atoms with Crippen LogP contribution >= 0.6 is 11.8 Å². The van der Waals surface area contributed by atoms with Crippen LogP contribution in [-0.2, 0) is 17.8 Å². The fraction of sp³-hybridized carbons (Fsp3) is 0.435. The second-order valence-electron chi connectivity index (χ2n) is 8.22. The fourth-order valence-corrected chi connectivity index (χ4v) is 5.47. The van der Waals surface area contributed by atoms with E-state index >= 15 is 0 Å². The minimum Gasteiger partial charge on any atom is -0.352 e. The van der Waals surface area contributed by atoms with E-state index in [0.717, 1.165) is 24.5 Å². The largest absolute Gasteiger partial charge is 0.352 e. The molecule has 2 aliphatic heterocycles. The van der Waals surface area contributed by atoms with E-state index in [1.807, 2.05) is 17.8 Å². The minimum absolute atomic E-state index is 0.0868. The van der Waals surface area contributed by atoms with E-state index < -0.39 is 5.41 Å². The van der Waals surface area contributed by atoms with Crippen LogP contribution in [0.1, 0.15) is 23.1 Å². The molecule has 2 fully saturated rings. The van der Waals surface area contributed by atoms with Crippen molar-refractivity contribution in [3.63, 3.8) is 0 Å². The molecular weight excluding hydrogens is 371 g/mol. The summed E-state index contributed by atoms with van der Waals surface area (Å²) in [6.07, 6.45) is 1.48. The van der Waals surface area contributed by atoms with Crippen molar-refractivity contribution < 1.29 is 9.18 Å². The van der Waals surface area contributed by atoms with Gasteiger partial charge in [0.2, 0.25) is 5.91 Å². The van der Waals surface area contributed by atoms with Gasteiger partial charge in [0, 0.05) is 31.4 Å². The molecule has 2 aromatic carbocycles. The highest BCUT2D eigenvalue weighted by Gasteiger charge is 2.49. The highest BCUT2D eigenvalue weighted by Crippen LogP contribution is 2.37. The van der Waals surface area contributed by atoms with Crippen LogP contribution in [0.3, 0.4) is 0 Å². The van der Waals surface area contributed by atoms with Crippen molar-refractivity contribution in [1.29, 1.82) is 0 Å². The Labute approximate surface area is 170 Å². The van der Waals surface area contributed by atoms with E-state index in [9.17, 15) is 9.18 Å². The predicted octanol–water partition coefficient (Wildman–Crippen LogP) is 3.80. The zero-order valence-corrected chi connectivity index (χ0v) is 17.1. The van der Waals surface area contributed by atoms with Crippen LogP contribution in [-0.4, -0.2) is 41.4 Å². The standard InChI is InChI=1S/C23H27FN2OS/c1-17-5-4-6-18(11-17)13-26-15-23(16-26,12-19-7-2-3-8-21(19)24)22(27)25-20-9-10-28-14-20/h2-8,11,20H,9-10,12-16H2,1H3,(H,25,27). The molecule has 1 amide bonds. The molecule has 1 N–H and O–H groups in total. The molecule has 148 valence electrons. The number of rotatable bonds is 6. The Morgan fingerprint density at radius 1 is 1.25 bits per heavy atom. The van der Waals surface area contributed by atoms with Gasteiger partial charge < -0.3 is 5.32 Å². The summed E-state index contributed by atoms with van der Waals surface area (Å²) in [4.78, 5) is 15.5. The topological polar surface area (TPSA) is 32.3 Å². The molecule has 2 heterocycles. The molecule has 0 spiro atoms. The van der Waals surface area contributed by atoms with Crippen molar-refractivity contribution >= 4 is 17.7 Å². The summed E-state index contributed by atoms with van der Waals surface area (Å²) in [5.41, 5.74) is 2.59. The first-order valence-electron chi connectivity index (χ1n) is 9.94. The molecule has 2 aromatic rings. The molecule has 2 aliphatic rings. The van der Waals surface area contributed by atoms with E-state index in [4.69, 9.17) is 0 Å². The van der Waals surface area contributed by atoms with Crippen molar-refractivity contribution in [2.45, 2.75) is 32.4 Å². The first kappa shape index (κ1) is 19.5. The number of aryl methyl sites for hydroxylation is 1. The SMILES string of the molecule is Cc1cccc(CN2CC(Cc3ccccc3F)(C(=O)NC3CCSC3)C2)c1. The third kappa shape index (κ3) is 4.26. The molecule has 0 bridgehead atoms. The Hall–Kier alpha value is -1.85. The lowest BCUT2D eigenvalue weighted by Crippen LogP contribution is -2.64. The second-order valence-corrected chi connectivity index (χ2v) is 9.37. The number of likely N-dealkylation sites (tertiary alicyclic amines) is 1. The first-order chi connectivity index (χ1) is 13.5. The lowest BCUT2D eigenvalue weighted by molar-refractivity contribution is -0.143. The Morgan fingerprint density at radius 3 is 2.79 bits per heavy atom. The second kappa shape index (κ2) is 8.26. The molecule has 5 heteroatoms. The zero-order chi connectivity index (χ0) is 19.6. The van der Waals surface area contributed by atoms with Gasteiger partial charge in [0.15, 0.2) is 0 Å². The first-order valence-corrected chi connectivity index (χ1v) is 11.1. The van der Waals surface area contributed by atoms with Gasteiger partial charge in [-0.2, -0.15) is 11.8 Å². The maximum Gasteiger partial charge on any atom is 0.229 e. The molecule has 4 rings (SSSR count). The molecule has 28 heavy (non-hydrogen) atoms. The van der Waals surface area contributed by atoms with Crippen molar-refractivity contribution in [3.8, 4) is 0 Å². The van der Waals surface area contributed by atoms with Gasteiger partial charge in [0.25, 0.3) is 0 Å². The zero-order valence-electron chi connectivity index (χ0n) is 16.3. The summed E-state index contributed by atoms with van der Waals surface area (Å²) in [5.74, 6) is 1.95. The number of carbonyl (C=O) groups excluding carboxylic acids is 1. The molecule has 1 atom stereocenters. The predicted molar refractivity (Wildman–Crippen MR) is 113 cm³/mol. The molecule has 2 saturated heterocycles. The van der Waals surface area contributed by atoms with Crippen LogP contribution in [0.15, 0.2) is 48.5 Å². The third-order valence-electron chi connectivity index (χ3n) is 5.77. The van der Waals surface area contributed by atoms with Gasteiger partial charge in [-0.05, 0) is 42.7 Å². The van der Waals surface area contributed by atoms with Crippen molar-refractivity contribution in [2.75, 3.05) is 24.6 Å². The normalized spacial score (nSPS) is 21.3. The van der Waals surface area contributed by atoms with Crippen LogP contribution in [0.5, 0.6) is 0 Å². The van der Waals surface area contributed by atoms with Gasteiger partial charge in [0.05, 0.1) is 5.41 Å². The third-order valence-corrected chi connectivity index (χ3v) is 6.94. The molecule has 0 saturated carbocycles. The Bertz CT molecular complexity index is 844. The van der Waals surface area contributed by atoms with E-state index in [1.54, 1.807) is 12.1 Å². The highest BCUT2D eigenvalue weighted by atomic mass is 32.2. The molecule has 0 aromatic heterocycles. The molecular formula is C23H27FN2OS. The molecule has 0 radical (unpaired) electrons. The van der Waals surface area contributed by atoms with Gasteiger partial charge in [-0.25, -0.2) is 4.39 Å². The number of hydrogen-bond donors (Lipinski definition) is 1. The fourth-order valence-electron chi connectivity index (χ4n) is 4.32. The van der Waals surface area contributed by atoms with Gasteiger partial charge in [-0.3, -0.25) is 9.69 Å². The van der Waals surface area contributed by atoms with Gasteiger partial charge in [-0.15, -0.1) is 0 Å². The average molecular weight is 399 g/mol. The van der Waals surface area contributed by atoms with Crippen LogP contribution in [0.2, 0.25) is 0 Å². The molecule has 3 nitrogen and oxygen atoms in total. The lowest BCUT2D eigenvalue weighted by Gasteiger charge is -2.49. The summed E-state index contributed by atoms with van der Waals surface area (Å²) >= 11 is 1.89. The van der Waals surface area contributed by atoms with Crippen LogP contribution in [0, 0.1) is 18.2 Å². The monoisotopic (exact) mass is 398 g/mol. The maximum atomic E-state index is 14.3. The number of nitrogens with one attached hydrogen (secondary N) is 1. The number of nitrogens with zero attached hydrogens (tertiary/aromatic N) is 1. The van der Waals surface area contributed by atoms with Crippen LogP contribution < -0.4 is 5.32 Å². The van der Waals surface area contributed by atoms with Crippen molar-refractivity contribution in [2.24, 2.45) is 5.41 Å². The maximum absolute atomic E-state index is 14.3. The Balaban J connectivity index is 1.48. The molecule has 1 unspecified atom stereocenters. The number of halogens is 1. The quantitative estimate of drug-likeness (QED) is 0.803. The van der Waals surface area contributed by atoms with Gasteiger partial charge in [-0.1, -0.05) is 48.0 Å². The smallest absolute Gasteiger partial charge is 0.229 e. The van der Waals surface area contributed by atoms with E-state index in [-0.39, 0.29) is 17.8 Å². The number of thioether (sulfide) groups is 1. The van der Waals surface area contributed by atoms with Gasteiger partial charge in [0.1, 0.15) is 5.82 Å². The van der Waals surface area contributed by atoms with E-state index in [1.165, 1.54) is 17.2 Å². The number of amides is 1. The summed E-state index contributed by atoms with van der Waals surface area (Å²) in [7, 11) is 0. The lowest BCUT2D eigenvalue weighted by atomic mass is 9.73. The highest BCUT2D eigenvalue weighted by molar-refractivity contribution is 7.99. The Kier molecular flexibility index (Phi) is 5.74. The summed E-state index contributed by atoms with van der Waals surface area (Å²) in [6, 6.07) is 15.6. The summed E-state index contributed by atoms with van der Waals surface area (Å²) < 4.78 is 14.3. The number of carbonyl (C=O) groups is 1. The summed E-state index contributed by atoms with van der Waals surface area (Å²) in [6.45, 7) is 4.25. The van der Waals surface area contributed by atoms with E-state index in [2.05, 4.69) is 41.4 Å². The van der Waals surface area contributed by atoms with Crippen molar-refractivity contribution in [1.82, 2.24) is 10.2 Å².